The first-order chi connectivity index (χ1) is 14.2. The number of nitrogens with one attached hydrogen (secondary N) is 1. The molecule has 30 heavy (non-hydrogen) atoms. The normalized spacial score (nSPS) is 11.6. The number of carbonyl (C=O) groups excluding carboxylic acids is 1. The molecule has 0 aliphatic rings. The van der Waals surface area contributed by atoms with Crippen molar-refractivity contribution in [2.45, 2.75) is 26.2 Å². The largest absolute Gasteiger partial charge is 0.436 e. The molecule has 1 heterocycles. The van der Waals surface area contributed by atoms with E-state index in [2.05, 4.69) is 81.7 Å². The van der Waals surface area contributed by atoms with Crippen molar-refractivity contribution in [2.24, 2.45) is 0 Å². The lowest BCUT2D eigenvalue weighted by atomic mass is 9.87. The number of hydrogen-bond donors (Lipinski definition) is 1. The maximum absolute atomic E-state index is 12.7. The summed E-state index contributed by atoms with van der Waals surface area (Å²) < 4.78 is 7.68. The molecule has 0 radical (unpaired) electrons. The van der Waals surface area contributed by atoms with Crippen LogP contribution in [0.2, 0.25) is 0 Å². The van der Waals surface area contributed by atoms with Crippen molar-refractivity contribution in [2.75, 3.05) is 5.32 Å². The van der Waals surface area contributed by atoms with Crippen molar-refractivity contribution < 1.29 is 9.21 Å². The highest BCUT2D eigenvalue weighted by Gasteiger charge is 2.16. The molecule has 6 heteroatoms. The maximum Gasteiger partial charge on any atom is 0.256 e. The zero-order chi connectivity index (χ0) is 21.5. The van der Waals surface area contributed by atoms with E-state index in [0.29, 0.717) is 28.2 Å². The van der Waals surface area contributed by atoms with Crippen molar-refractivity contribution in [1.29, 1.82) is 0 Å². The topological polar surface area (TPSA) is 55.1 Å². The molecule has 4 rings (SSSR count). The van der Waals surface area contributed by atoms with Crippen LogP contribution in [0.4, 0.5) is 5.69 Å². The van der Waals surface area contributed by atoms with Gasteiger partial charge in [-0.3, -0.25) is 4.79 Å². The van der Waals surface area contributed by atoms with Crippen LogP contribution in [0.25, 0.3) is 22.6 Å². The van der Waals surface area contributed by atoms with Gasteiger partial charge in [-0.1, -0.05) is 48.8 Å². The molecule has 0 spiro atoms. The molecule has 0 aliphatic heterocycles. The molecule has 0 aliphatic carbocycles. The van der Waals surface area contributed by atoms with Gasteiger partial charge in [0.1, 0.15) is 5.52 Å². The van der Waals surface area contributed by atoms with Gasteiger partial charge in [0.05, 0.1) is 5.56 Å². The predicted molar refractivity (Wildman–Crippen MR) is 133 cm³/mol. The molecule has 0 saturated carbocycles. The van der Waals surface area contributed by atoms with E-state index in [0.717, 1.165) is 13.6 Å². The molecule has 0 unspecified atom stereocenters. The number of hydrogen-bond acceptors (Lipinski definition) is 3. The summed E-state index contributed by atoms with van der Waals surface area (Å²) in [4.78, 5) is 17.3. The molecular formula is C24H20BrIN2O2. The first-order valence-electron chi connectivity index (χ1n) is 9.48. The Labute approximate surface area is 197 Å². The number of fused-ring (bicyclic) bond motifs is 1. The van der Waals surface area contributed by atoms with Crippen LogP contribution < -0.4 is 5.32 Å². The molecule has 0 fully saturated rings. The fraction of sp³-hybridized carbons (Fsp3) is 0.167. The Hall–Kier alpha value is -2.19. The summed E-state index contributed by atoms with van der Waals surface area (Å²) in [6.07, 6.45) is 0. The fourth-order valence-corrected chi connectivity index (χ4v) is 4.05. The molecular weight excluding hydrogens is 555 g/mol. The maximum atomic E-state index is 12.7. The Morgan fingerprint density at radius 2 is 1.77 bits per heavy atom. The Morgan fingerprint density at radius 3 is 2.47 bits per heavy atom. The van der Waals surface area contributed by atoms with E-state index in [-0.39, 0.29) is 11.3 Å². The predicted octanol–water partition coefficient (Wildman–Crippen LogP) is 7.41. The molecule has 0 atom stereocenters. The summed E-state index contributed by atoms with van der Waals surface area (Å²) in [5.74, 6) is 0.400. The van der Waals surface area contributed by atoms with Gasteiger partial charge in [0.2, 0.25) is 5.89 Å². The average molecular weight is 575 g/mol. The minimum atomic E-state index is -0.165. The third kappa shape index (κ3) is 4.44. The van der Waals surface area contributed by atoms with Gasteiger partial charge in [-0.15, -0.1) is 0 Å². The fourth-order valence-electron chi connectivity index (χ4n) is 3.11. The monoisotopic (exact) mass is 574 g/mol. The van der Waals surface area contributed by atoms with E-state index < -0.39 is 0 Å². The molecule has 1 amide bonds. The molecule has 0 saturated heterocycles. The molecule has 4 aromatic rings. The highest BCUT2D eigenvalue weighted by molar-refractivity contribution is 14.1. The van der Waals surface area contributed by atoms with Gasteiger partial charge < -0.3 is 9.73 Å². The average Bonchev–Trinajstić information content (AvgIpc) is 3.12. The summed E-state index contributed by atoms with van der Waals surface area (Å²) in [5.41, 5.74) is 4.95. The van der Waals surface area contributed by atoms with E-state index in [1.54, 1.807) is 0 Å². The lowest BCUT2D eigenvalue weighted by Gasteiger charge is -2.18. The zero-order valence-electron chi connectivity index (χ0n) is 16.8. The van der Waals surface area contributed by atoms with Crippen LogP contribution in [0, 0.1) is 3.57 Å². The third-order valence-corrected chi connectivity index (χ3v) is 6.25. The zero-order valence-corrected chi connectivity index (χ0v) is 20.5. The smallest absolute Gasteiger partial charge is 0.256 e. The summed E-state index contributed by atoms with van der Waals surface area (Å²) in [6, 6.07) is 19.4. The number of benzene rings is 3. The second-order valence-electron chi connectivity index (χ2n) is 8.11. The van der Waals surface area contributed by atoms with Crippen LogP contribution in [0.3, 0.4) is 0 Å². The number of carbonyl (C=O) groups is 1. The van der Waals surface area contributed by atoms with Crippen LogP contribution in [0.1, 0.15) is 36.7 Å². The Balaban J connectivity index is 1.59. The molecule has 0 bridgehead atoms. The van der Waals surface area contributed by atoms with Gasteiger partial charge in [-0.25, -0.2) is 4.98 Å². The SMILES string of the molecule is CC(C)(C)c1ccc(-c2nc3cc(NC(=O)c4cc(Br)ccc4I)ccc3o2)cc1. The summed E-state index contributed by atoms with van der Waals surface area (Å²) >= 11 is 5.57. The molecule has 152 valence electrons. The third-order valence-electron chi connectivity index (χ3n) is 4.82. The first-order valence-corrected chi connectivity index (χ1v) is 11.4. The quantitative estimate of drug-likeness (QED) is 0.259. The van der Waals surface area contributed by atoms with E-state index in [9.17, 15) is 4.79 Å². The number of nitrogens with zero attached hydrogens (tertiary/aromatic N) is 1. The highest BCUT2D eigenvalue weighted by atomic mass is 127. The number of oxazole rings is 1. The lowest BCUT2D eigenvalue weighted by Crippen LogP contribution is -2.13. The first kappa shape index (κ1) is 21.1. The van der Waals surface area contributed by atoms with Crippen LogP contribution in [0.15, 0.2) is 69.6 Å². The number of aromatic nitrogens is 1. The molecule has 1 N–H and O–H groups in total. The number of halogens is 2. The second-order valence-corrected chi connectivity index (χ2v) is 10.2. The Bertz CT molecular complexity index is 1240. The minimum Gasteiger partial charge on any atom is -0.436 e. The van der Waals surface area contributed by atoms with E-state index in [1.807, 2.05) is 48.5 Å². The number of rotatable bonds is 3. The molecule has 1 aromatic heterocycles. The highest BCUT2D eigenvalue weighted by Crippen LogP contribution is 2.29. The van der Waals surface area contributed by atoms with E-state index >= 15 is 0 Å². The number of anilines is 1. The van der Waals surface area contributed by atoms with Crippen LogP contribution in [-0.4, -0.2) is 10.9 Å². The van der Waals surface area contributed by atoms with E-state index in [1.165, 1.54) is 5.56 Å². The Kier molecular flexibility index (Phi) is 5.72. The van der Waals surface area contributed by atoms with Gasteiger partial charge in [-0.05, 0) is 82.1 Å². The summed E-state index contributed by atoms with van der Waals surface area (Å²) in [5, 5.41) is 2.95. The summed E-state index contributed by atoms with van der Waals surface area (Å²) in [6.45, 7) is 6.56. The van der Waals surface area contributed by atoms with Crippen molar-refractivity contribution in [1.82, 2.24) is 4.98 Å². The summed E-state index contributed by atoms with van der Waals surface area (Å²) in [7, 11) is 0. The van der Waals surface area contributed by atoms with Gasteiger partial charge >= 0.3 is 0 Å². The Morgan fingerprint density at radius 1 is 1.03 bits per heavy atom. The standard InChI is InChI=1S/C24H20BrIN2O2/c1-24(2,3)15-6-4-14(5-7-15)23-28-20-13-17(9-11-21(20)30-23)27-22(29)18-12-16(25)8-10-19(18)26/h4-13H,1-3H3,(H,27,29). The van der Waals surface area contributed by atoms with Crippen molar-refractivity contribution >= 4 is 61.2 Å². The molecule has 4 nitrogen and oxygen atoms in total. The minimum absolute atomic E-state index is 0.0963. The number of amides is 1. The van der Waals surface area contributed by atoms with Gasteiger partial charge in [-0.2, -0.15) is 0 Å². The van der Waals surface area contributed by atoms with Crippen LogP contribution in [-0.2, 0) is 5.41 Å². The van der Waals surface area contributed by atoms with Crippen LogP contribution >= 0.6 is 38.5 Å². The van der Waals surface area contributed by atoms with Gasteiger partial charge in [0, 0.05) is 19.3 Å². The molecule has 3 aromatic carbocycles. The second kappa shape index (κ2) is 8.15. The lowest BCUT2D eigenvalue weighted by molar-refractivity contribution is 0.102. The van der Waals surface area contributed by atoms with Crippen LogP contribution in [0.5, 0.6) is 0 Å². The van der Waals surface area contributed by atoms with Gasteiger partial charge in [0.15, 0.2) is 5.58 Å². The van der Waals surface area contributed by atoms with Crippen molar-refractivity contribution in [3.8, 4) is 11.5 Å². The van der Waals surface area contributed by atoms with Crippen molar-refractivity contribution in [3.63, 3.8) is 0 Å². The van der Waals surface area contributed by atoms with Crippen molar-refractivity contribution in [3.05, 3.63) is 79.8 Å². The van der Waals surface area contributed by atoms with Gasteiger partial charge in [0.25, 0.3) is 5.91 Å². The van der Waals surface area contributed by atoms with E-state index in [4.69, 9.17) is 4.42 Å².